The van der Waals surface area contributed by atoms with E-state index in [1.807, 2.05) is 0 Å². The van der Waals surface area contributed by atoms with Gasteiger partial charge in [0, 0.05) is 6.07 Å². The summed E-state index contributed by atoms with van der Waals surface area (Å²) >= 11 is 0. The zero-order valence-electron chi connectivity index (χ0n) is 11.5. The Labute approximate surface area is 122 Å². The Kier molecular flexibility index (Phi) is 3.59. The van der Waals surface area contributed by atoms with E-state index in [2.05, 4.69) is 5.10 Å². The molecule has 1 aromatic heterocycles. The highest BCUT2D eigenvalue weighted by molar-refractivity contribution is 5.90. The van der Waals surface area contributed by atoms with Crippen LogP contribution in [0.3, 0.4) is 0 Å². The van der Waals surface area contributed by atoms with Gasteiger partial charge in [-0.2, -0.15) is 5.10 Å². The highest BCUT2D eigenvalue weighted by atomic mass is 16.6. The summed E-state index contributed by atoms with van der Waals surface area (Å²) in [5, 5.41) is 35.0. The van der Waals surface area contributed by atoms with Crippen LogP contribution in [0.5, 0.6) is 0 Å². The zero-order chi connectivity index (χ0) is 16.6. The van der Waals surface area contributed by atoms with Crippen LogP contribution >= 0.6 is 0 Å². The fourth-order valence-electron chi connectivity index (χ4n) is 2.14. The van der Waals surface area contributed by atoms with Crippen molar-refractivity contribution < 1.29 is 19.7 Å². The number of aromatic carboxylic acids is 1. The number of nitrogens with zero attached hydrogens (tertiary/aromatic N) is 4. The Hall–Kier alpha value is -3.30. The van der Waals surface area contributed by atoms with E-state index in [4.69, 9.17) is 5.11 Å². The lowest BCUT2D eigenvalue weighted by molar-refractivity contribution is -0.394. The summed E-state index contributed by atoms with van der Waals surface area (Å²) < 4.78 is 1.10. The van der Waals surface area contributed by atoms with Gasteiger partial charge in [-0.15, -0.1) is 0 Å². The Balaban J connectivity index is 2.73. The summed E-state index contributed by atoms with van der Waals surface area (Å²) in [5.41, 5.74) is -0.678. The summed E-state index contributed by atoms with van der Waals surface area (Å²) in [4.78, 5) is 31.5. The van der Waals surface area contributed by atoms with E-state index in [-0.39, 0.29) is 22.6 Å². The number of nitro benzene ring substituents is 2. The first-order valence-corrected chi connectivity index (χ1v) is 5.96. The number of nitro groups is 2. The molecular formula is C12H10N4O6. The first kappa shape index (κ1) is 15.1. The summed E-state index contributed by atoms with van der Waals surface area (Å²) in [6, 6.07) is 3.08. The summed E-state index contributed by atoms with van der Waals surface area (Å²) in [5.74, 6) is -1.20. The van der Waals surface area contributed by atoms with Crippen molar-refractivity contribution in [3.05, 3.63) is 55.4 Å². The van der Waals surface area contributed by atoms with Crippen LogP contribution in [-0.2, 0) is 0 Å². The lowest BCUT2D eigenvalue weighted by atomic mass is 10.2. The highest BCUT2D eigenvalue weighted by Gasteiger charge is 2.25. The number of non-ortho nitro benzene ring substituents is 1. The molecular weight excluding hydrogens is 296 g/mol. The van der Waals surface area contributed by atoms with Crippen LogP contribution in [0.15, 0.2) is 18.2 Å². The standard InChI is InChI=1S/C12H10N4O6/c1-6-11(12(17)18)7(2)14(13-6)9-4-3-8(15(19)20)5-10(9)16(21)22/h3-5H,1-2H3,(H,17,18). The molecule has 1 aromatic carbocycles. The Bertz CT molecular complexity index is 810. The number of carboxylic acid groups (broad SMARTS) is 1. The van der Waals surface area contributed by atoms with Gasteiger partial charge in [-0.05, 0) is 19.9 Å². The summed E-state index contributed by atoms with van der Waals surface area (Å²) in [6.07, 6.45) is 0. The molecule has 0 aliphatic rings. The maximum Gasteiger partial charge on any atom is 0.339 e. The van der Waals surface area contributed by atoms with Crippen molar-refractivity contribution >= 4 is 17.3 Å². The average Bonchev–Trinajstić information content (AvgIpc) is 2.72. The van der Waals surface area contributed by atoms with Crippen LogP contribution in [0.4, 0.5) is 11.4 Å². The summed E-state index contributed by atoms with van der Waals surface area (Å²) in [7, 11) is 0. The minimum atomic E-state index is -1.20. The second kappa shape index (κ2) is 5.24. The molecule has 0 saturated heterocycles. The van der Waals surface area contributed by atoms with Gasteiger partial charge >= 0.3 is 11.7 Å². The quantitative estimate of drug-likeness (QED) is 0.672. The van der Waals surface area contributed by atoms with Crippen molar-refractivity contribution in [2.24, 2.45) is 0 Å². The van der Waals surface area contributed by atoms with Gasteiger partial charge in [0.25, 0.3) is 5.69 Å². The number of carbonyl (C=O) groups is 1. The van der Waals surface area contributed by atoms with Crippen LogP contribution < -0.4 is 0 Å². The third kappa shape index (κ3) is 2.37. The fourth-order valence-corrected chi connectivity index (χ4v) is 2.14. The third-order valence-electron chi connectivity index (χ3n) is 3.10. The third-order valence-corrected chi connectivity index (χ3v) is 3.10. The highest BCUT2D eigenvalue weighted by Crippen LogP contribution is 2.29. The monoisotopic (exact) mass is 306 g/mol. The average molecular weight is 306 g/mol. The van der Waals surface area contributed by atoms with Crippen molar-refractivity contribution in [3.8, 4) is 5.69 Å². The molecule has 10 heteroatoms. The van der Waals surface area contributed by atoms with Gasteiger partial charge < -0.3 is 5.11 Å². The minimum absolute atomic E-state index is 0.0382. The van der Waals surface area contributed by atoms with E-state index in [1.54, 1.807) is 0 Å². The zero-order valence-corrected chi connectivity index (χ0v) is 11.5. The second-order valence-electron chi connectivity index (χ2n) is 4.45. The van der Waals surface area contributed by atoms with Gasteiger partial charge in [0.1, 0.15) is 11.3 Å². The molecule has 10 nitrogen and oxygen atoms in total. The number of hydrogen-bond donors (Lipinski definition) is 1. The molecule has 2 aromatic rings. The van der Waals surface area contributed by atoms with Crippen molar-refractivity contribution in [3.63, 3.8) is 0 Å². The van der Waals surface area contributed by atoms with Gasteiger partial charge in [0.15, 0.2) is 0 Å². The van der Waals surface area contributed by atoms with Gasteiger partial charge in [0.05, 0.1) is 27.3 Å². The maximum atomic E-state index is 11.2. The molecule has 0 bridgehead atoms. The first-order chi connectivity index (χ1) is 10.2. The Morgan fingerprint density at radius 1 is 1.23 bits per heavy atom. The largest absolute Gasteiger partial charge is 0.478 e. The van der Waals surface area contributed by atoms with E-state index in [0.717, 1.165) is 16.8 Å². The molecule has 1 N–H and O–H groups in total. The molecule has 114 valence electrons. The van der Waals surface area contributed by atoms with E-state index in [1.165, 1.54) is 19.9 Å². The van der Waals surface area contributed by atoms with Crippen molar-refractivity contribution in [1.29, 1.82) is 0 Å². The molecule has 0 atom stereocenters. The fraction of sp³-hybridized carbons (Fsp3) is 0.167. The van der Waals surface area contributed by atoms with Crippen LogP contribution in [0.2, 0.25) is 0 Å². The number of hydrogen-bond acceptors (Lipinski definition) is 6. The van der Waals surface area contributed by atoms with Crippen molar-refractivity contribution in [2.45, 2.75) is 13.8 Å². The maximum absolute atomic E-state index is 11.2. The Morgan fingerprint density at radius 2 is 1.86 bits per heavy atom. The predicted molar refractivity (Wildman–Crippen MR) is 73.3 cm³/mol. The summed E-state index contributed by atoms with van der Waals surface area (Å²) in [6.45, 7) is 2.92. The molecule has 0 amide bonds. The molecule has 1 heterocycles. The molecule has 0 aliphatic heterocycles. The SMILES string of the molecule is Cc1nn(-c2ccc([N+](=O)[O-])cc2[N+](=O)[O-])c(C)c1C(=O)O. The van der Waals surface area contributed by atoms with Gasteiger partial charge in [-0.3, -0.25) is 20.2 Å². The van der Waals surface area contributed by atoms with Crippen LogP contribution in [0.1, 0.15) is 21.7 Å². The van der Waals surface area contributed by atoms with Crippen molar-refractivity contribution in [2.75, 3.05) is 0 Å². The van der Waals surface area contributed by atoms with Gasteiger partial charge in [-0.25, -0.2) is 9.48 Å². The topological polar surface area (TPSA) is 141 Å². The molecule has 2 rings (SSSR count). The van der Waals surface area contributed by atoms with Crippen LogP contribution in [0, 0.1) is 34.1 Å². The molecule has 0 spiro atoms. The smallest absolute Gasteiger partial charge is 0.339 e. The first-order valence-electron chi connectivity index (χ1n) is 5.96. The Morgan fingerprint density at radius 3 is 2.32 bits per heavy atom. The minimum Gasteiger partial charge on any atom is -0.478 e. The van der Waals surface area contributed by atoms with E-state index < -0.39 is 27.2 Å². The van der Waals surface area contributed by atoms with Crippen LogP contribution in [-0.4, -0.2) is 30.7 Å². The van der Waals surface area contributed by atoms with E-state index in [9.17, 15) is 25.0 Å². The van der Waals surface area contributed by atoms with Crippen LogP contribution in [0.25, 0.3) is 5.69 Å². The van der Waals surface area contributed by atoms with Gasteiger partial charge in [0.2, 0.25) is 0 Å². The lowest BCUT2D eigenvalue weighted by Gasteiger charge is -2.05. The predicted octanol–water partition coefficient (Wildman–Crippen LogP) is 2.00. The number of benzene rings is 1. The lowest BCUT2D eigenvalue weighted by Crippen LogP contribution is -2.06. The molecule has 0 fully saturated rings. The number of aryl methyl sites for hydroxylation is 1. The molecule has 0 aliphatic carbocycles. The molecule has 0 unspecified atom stereocenters. The van der Waals surface area contributed by atoms with E-state index >= 15 is 0 Å². The molecule has 0 saturated carbocycles. The van der Waals surface area contributed by atoms with E-state index in [0.29, 0.717) is 0 Å². The normalized spacial score (nSPS) is 10.5. The second-order valence-corrected chi connectivity index (χ2v) is 4.45. The molecule has 0 radical (unpaired) electrons. The number of aromatic nitrogens is 2. The van der Waals surface area contributed by atoms with Crippen molar-refractivity contribution in [1.82, 2.24) is 9.78 Å². The number of carboxylic acids is 1. The molecule has 22 heavy (non-hydrogen) atoms. The van der Waals surface area contributed by atoms with Gasteiger partial charge in [-0.1, -0.05) is 0 Å². The number of rotatable bonds is 4.